The van der Waals surface area contributed by atoms with Gasteiger partial charge in [-0.3, -0.25) is 9.69 Å². The van der Waals surface area contributed by atoms with Crippen molar-refractivity contribution >= 4 is 11.9 Å². The van der Waals surface area contributed by atoms with Gasteiger partial charge in [0.15, 0.2) is 6.61 Å². The summed E-state index contributed by atoms with van der Waals surface area (Å²) in [5.41, 5.74) is 0.962. The highest BCUT2D eigenvalue weighted by Crippen LogP contribution is 2.30. The number of halogens is 3. The van der Waals surface area contributed by atoms with Crippen molar-refractivity contribution in [2.45, 2.75) is 32.1 Å². The molecule has 1 heterocycles. The van der Waals surface area contributed by atoms with Crippen LogP contribution < -0.4 is 10.1 Å². The van der Waals surface area contributed by atoms with Gasteiger partial charge in [-0.25, -0.2) is 4.79 Å². The molecule has 3 rings (SSSR count). The standard InChI is InChI=1S/C20H19F3N2O3/c1-13-6-8-15(9-7-13)19(2)17(26)25(18(27)24-19)11-14-4-3-5-16(10-14)28-12-20(21,22)23/h3-10H,11-12H2,1-2H3,(H,24,27)/t19-/m1/s1. The van der Waals surface area contributed by atoms with Gasteiger partial charge in [-0.15, -0.1) is 0 Å². The van der Waals surface area contributed by atoms with Gasteiger partial charge >= 0.3 is 12.2 Å². The predicted molar refractivity (Wildman–Crippen MR) is 95.6 cm³/mol. The molecular formula is C20H19F3N2O3. The highest BCUT2D eigenvalue weighted by Gasteiger charge is 2.48. The second-order valence-corrected chi connectivity index (χ2v) is 6.86. The van der Waals surface area contributed by atoms with Crippen LogP contribution in [-0.2, 0) is 16.9 Å². The number of carbonyl (C=O) groups excluding carboxylic acids is 2. The number of carbonyl (C=O) groups is 2. The number of nitrogens with zero attached hydrogens (tertiary/aromatic N) is 1. The number of rotatable bonds is 5. The van der Waals surface area contributed by atoms with Crippen LogP contribution in [0.15, 0.2) is 48.5 Å². The number of hydrogen-bond acceptors (Lipinski definition) is 3. The molecular weight excluding hydrogens is 373 g/mol. The summed E-state index contributed by atoms with van der Waals surface area (Å²) in [5, 5.41) is 2.70. The summed E-state index contributed by atoms with van der Waals surface area (Å²) >= 11 is 0. The van der Waals surface area contributed by atoms with Crippen molar-refractivity contribution < 1.29 is 27.5 Å². The molecule has 148 valence electrons. The fourth-order valence-electron chi connectivity index (χ4n) is 3.00. The van der Waals surface area contributed by atoms with Gasteiger partial charge in [0.1, 0.15) is 11.3 Å². The number of benzene rings is 2. The van der Waals surface area contributed by atoms with Crippen molar-refractivity contribution in [1.82, 2.24) is 10.2 Å². The summed E-state index contributed by atoms with van der Waals surface area (Å²) in [6, 6.07) is 12.6. The van der Waals surface area contributed by atoms with Crippen LogP contribution in [0, 0.1) is 6.92 Å². The first-order valence-corrected chi connectivity index (χ1v) is 8.58. The lowest BCUT2D eigenvalue weighted by atomic mass is 9.91. The number of aryl methyl sites for hydroxylation is 1. The zero-order valence-electron chi connectivity index (χ0n) is 15.3. The molecule has 0 aromatic heterocycles. The zero-order valence-corrected chi connectivity index (χ0v) is 15.3. The van der Waals surface area contributed by atoms with Gasteiger partial charge in [-0.2, -0.15) is 13.2 Å². The van der Waals surface area contributed by atoms with Gasteiger partial charge in [0.25, 0.3) is 5.91 Å². The van der Waals surface area contributed by atoms with Gasteiger partial charge in [0, 0.05) is 0 Å². The highest BCUT2D eigenvalue weighted by atomic mass is 19.4. The molecule has 1 N–H and O–H groups in total. The number of imide groups is 1. The second kappa shape index (κ2) is 7.18. The SMILES string of the molecule is Cc1ccc([C@@]2(C)NC(=O)N(Cc3cccc(OCC(F)(F)F)c3)C2=O)cc1. The van der Waals surface area contributed by atoms with Gasteiger partial charge in [0.2, 0.25) is 0 Å². The van der Waals surface area contributed by atoms with E-state index in [0.29, 0.717) is 11.1 Å². The molecule has 3 amide bonds. The zero-order chi connectivity index (χ0) is 20.5. The van der Waals surface area contributed by atoms with Gasteiger partial charge in [-0.05, 0) is 37.1 Å². The lowest BCUT2D eigenvalue weighted by molar-refractivity contribution is -0.153. The largest absolute Gasteiger partial charge is 0.484 e. The van der Waals surface area contributed by atoms with Crippen molar-refractivity contribution in [3.8, 4) is 5.75 Å². The summed E-state index contributed by atoms with van der Waals surface area (Å²) in [6.07, 6.45) is -4.45. The van der Waals surface area contributed by atoms with Crippen LogP contribution in [0.1, 0.15) is 23.6 Å². The highest BCUT2D eigenvalue weighted by molar-refractivity contribution is 6.07. The van der Waals surface area contributed by atoms with E-state index in [1.807, 2.05) is 19.1 Å². The van der Waals surface area contributed by atoms with Crippen molar-refractivity contribution in [1.29, 1.82) is 0 Å². The van der Waals surface area contributed by atoms with E-state index in [2.05, 4.69) is 5.32 Å². The molecule has 1 aliphatic heterocycles. The van der Waals surface area contributed by atoms with E-state index < -0.39 is 30.3 Å². The minimum absolute atomic E-state index is 0.0168. The van der Waals surface area contributed by atoms with Gasteiger partial charge in [0.05, 0.1) is 6.54 Å². The Hall–Kier alpha value is -3.03. The Morgan fingerprint density at radius 3 is 2.43 bits per heavy atom. The third-order valence-electron chi connectivity index (χ3n) is 4.55. The van der Waals surface area contributed by atoms with Crippen LogP contribution in [0.25, 0.3) is 0 Å². The maximum Gasteiger partial charge on any atom is 0.422 e. The van der Waals surface area contributed by atoms with Crippen LogP contribution in [0.5, 0.6) is 5.75 Å². The molecule has 1 saturated heterocycles. The van der Waals surface area contributed by atoms with E-state index in [4.69, 9.17) is 4.74 Å². The Kier molecular flexibility index (Phi) is 5.06. The Balaban J connectivity index is 1.77. The van der Waals surface area contributed by atoms with Crippen LogP contribution in [0.4, 0.5) is 18.0 Å². The summed E-state index contributed by atoms with van der Waals surface area (Å²) in [4.78, 5) is 26.4. The number of ether oxygens (including phenoxy) is 1. The monoisotopic (exact) mass is 392 g/mol. The fourth-order valence-corrected chi connectivity index (χ4v) is 3.00. The molecule has 0 radical (unpaired) electrons. The molecule has 1 atom stereocenters. The van der Waals surface area contributed by atoms with E-state index in [-0.39, 0.29) is 12.3 Å². The third kappa shape index (κ3) is 4.11. The van der Waals surface area contributed by atoms with Crippen LogP contribution >= 0.6 is 0 Å². The van der Waals surface area contributed by atoms with Gasteiger partial charge < -0.3 is 10.1 Å². The molecule has 0 saturated carbocycles. The molecule has 5 nitrogen and oxygen atoms in total. The summed E-state index contributed by atoms with van der Waals surface area (Å²) in [5.74, 6) is -0.411. The second-order valence-electron chi connectivity index (χ2n) is 6.86. The first kappa shape index (κ1) is 19.7. The van der Waals surface area contributed by atoms with Crippen molar-refractivity contribution in [3.63, 3.8) is 0 Å². The lowest BCUT2D eigenvalue weighted by Gasteiger charge is -2.22. The summed E-state index contributed by atoms with van der Waals surface area (Å²) in [7, 11) is 0. The normalized spacial score (nSPS) is 19.7. The predicted octanol–water partition coefficient (Wildman–Crippen LogP) is 3.90. The molecule has 28 heavy (non-hydrogen) atoms. The van der Waals surface area contributed by atoms with E-state index in [1.54, 1.807) is 25.1 Å². The molecule has 1 fully saturated rings. The molecule has 2 aromatic rings. The van der Waals surface area contributed by atoms with Crippen molar-refractivity contribution in [2.24, 2.45) is 0 Å². The molecule has 1 aliphatic rings. The first-order chi connectivity index (χ1) is 13.1. The minimum atomic E-state index is -4.45. The fraction of sp³-hybridized carbons (Fsp3) is 0.300. The number of urea groups is 1. The third-order valence-corrected chi connectivity index (χ3v) is 4.55. The number of nitrogens with one attached hydrogen (secondary N) is 1. The van der Waals surface area contributed by atoms with Crippen LogP contribution in [0.3, 0.4) is 0 Å². The number of hydrogen-bond donors (Lipinski definition) is 1. The van der Waals surface area contributed by atoms with Crippen molar-refractivity contribution in [2.75, 3.05) is 6.61 Å². The Morgan fingerprint density at radius 1 is 1.11 bits per heavy atom. The molecule has 8 heteroatoms. The lowest BCUT2D eigenvalue weighted by Crippen LogP contribution is -2.40. The Labute approximate surface area is 160 Å². The van der Waals surface area contributed by atoms with E-state index in [0.717, 1.165) is 10.5 Å². The molecule has 0 bridgehead atoms. The van der Waals surface area contributed by atoms with E-state index in [1.165, 1.54) is 18.2 Å². The Morgan fingerprint density at radius 2 is 1.79 bits per heavy atom. The smallest absolute Gasteiger partial charge is 0.422 e. The summed E-state index contributed by atoms with van der Waals surface area (Å²) in [6.45, 7) is 2.06. The number of amides is 3. The van der Waals surface area contributed by atoms with Gasteiger partial charge in [-0.1, -0.05) is 42.0 Å². The molecule has 2 aromatic carbocycles. The van der Waals surface area contributed by atoms with Crippen LogP contribution in [0.2, 0.25) is 0 Å². The molecule has 0 unspecified atom stereocenters. The topological polar surface area (TPSA) is 58.6 Å². The molecule has 0 aliphatic carbocycles. The van der Waals surface area contributed by atoms with E-state index in [9.17, 15) is 22.8 Å². The first-order valence-electron chi connectivity index (χ1n) is 8.58. The maximum atomic E-state index is 12.9. The average molecular weight is 392 g/mol. The van der Waals surface area contributed by atoms with E-state index >= 15 is 0 Å². The molecule has 0 spiro atoms. The Bertz CT molecular complexity index is 896. The maximum absolute atomic E-state index is 12.9. The quantitative estimate of drug-likeness (QED) is 0.785. The minimum Gasteiger partial charge on any atom is -0.484 e. The average Bonchev–Trinajstić information content (AvgIpc) is 2.84. The number of alkyl halides is 3. The summed E-state index contributed by atoms with van der Waals surface area (Å²) < 4.78 is 41.7. The van der Waals surface area contributed by atoms with Crippen molar-refractivity contribution in [3.05, 3.63) is 65.2 Å². The van der Waals surface area contributed by atoms with Crippen LogP contribution in [-0.4, -0.2) is 29.6 Å².